The number of amides is 1. The topological polar surface area (TPSA) is 76.3 Å². The molecule has 1 aromatic heterocycles. The van der Waals surface area contributed by atoms with Gasteiger partial charge in [0.25, 0.3) is 11.5 Å². The van der Waals surface area contributed by atoms with E-state index in [1.807, 2.05) is 0 Å². The smallest absolute Gasteiger partial charge is 0.267 e. The third-order valence-corrected chi connectivity index (χ3v) is 4.18. The molecule has 3 rings (SSSR count). The molecule has 1 heterocycles. The molecule has 8 heteroatoms. The second-order valence-corrected chi connectivity index (χ2v) is 6.50. The van der Waals surface area contributed by atoms with E-state index in [2.05, 4.69) is 15.6 Å². The summed E-state index contributed by atoms with van der Waals surface area (Å²) in [7, 11) is 0. The number of hydrogen-bond acceptors (Lipinski definition) is 4. The van der Waals surface area contributed by atoms with Gasteiger partial charge in [0.2, 0.25) is 0 Å². The Bertz CT molecular complexity index is 1150. The molecule has 6 nitrogen and oxygen atoms in total. The van der Waals surface area contributed by atoms with E-state index in [1.165, 1.54) is 11.6 Å². The molecule has 28 heavy (non-hydrogen) atoms. The van der Waals surface area contributed by atoms with Crippen LogP contribution in [0.3, 0.4) is 0 Å². The average molecular weight is 384 g/mol. The van der Waals surface area contributed by atoms with Crippen LogP contribution in [0.15, 0.2) is 52.4 Å². The Kier molecular flexibility index (Phi) is 5.30. The third-order valence-electron chi connectivity index (χ3n) is 4.18. The number of hydrogen-bond donors (Lipinski definition) is 1. The summed E-state index contributed by atoms with van der Waals surface area (Å²) in [6, 6.07) is 9.34. The van der Waals surface area contributed by atoms with E-state index < -0.39 is 17.5 Å². The third kappa shape index (κ3) is 3.66. The van der Waals surface area contributed by atoms with E-state index in [0.29, 0.717) is 10.8 Å². The second kappa shape index (κ2) is 7.67. The normalized spacial score (nSPS) is 11.9. The first-order chi connectivity index (χ1) is 13.3. The van der Waals surface area contributed by atoms with Gasteiger partial charge in [0.05, 0.1) is 17.1 Å². The van der Waals surface area contributed by atoms with Crippen LogP contribution < -0.4 is 11.0 Å². The predicted octanol–water partition coefficient (Wildman–Crippen LogP) is 3.41. The highest BCUT2D eigenvalue weighted by molar-refractivity contribution is 6.06. The molecule has 0 saturated heterocycles. The van der Waals surface area contributed by atoms with Gasteiger partial charge < -0.3 is 0 Å². The minimum atomic E-state index is -0.665. The van der Waals surface area contributed by atoms with Crippen molar-refractivity contribution < 1.29 is 13.6 Å². The predicted molar refractivity (Wildman–Crippen MR) is 102 cm³/mol. The van der Waals surface area contributed by atoms with Gasteiger partial charge in [0.1, 0.15) is 11.6 Å². The molecule has 0 bridgehead atoms. The van der Waals surface area contributed by atoms with Crippen LogP contribution in [0.4, 0.5) is 8.78 Å². The summed E-state index contributed by atoms with van der Waals surface area (Å²) in [6.45, 7) is 5.00. The first kappa shape index (κ1) is 19.3. The number of aromatic nitrogens is 2. The first-order valence-corrected chi connectivity index (χ1v) is 8.61. The molecule has 144 valence electrons. The quantitative estimate of drug-likeness (QED) is 0.553. The van der Waals surface area contributed by atoms with Crippen molar-refractivity contribution in [1.29, 1.82) is 0 Å². The number of carbonyl (C=O) groups excluding carboxylic acids is 1. The van der Waals surface area contributed by atoms with E-state index in [1.54, 1.807) is 38.1 Å². The molecular weight excluding hydrogens is 366 g/mol. The number of hydrazone groups is 1. The van der Waals surface area contributed by atoms with Crippen LogP contribution in [0.2, 0.25) is 0 Å². The standard InChI is InChI=1S/C20H18F2N4O2/c1-11(2)26-20(28)15-7-5-4-6-14(15)18(25-26)19(27)24-23-12(3)16-10-13(21)8-9-17(16)22/h4-11H,1-3H3,(H,24,27)/b23-12-. The van der Waals surface area contributed by atoms with Gasteiger partial charge in [-0.3, -0.25) is 9.59 Å². The molecule has 1 N–H and O–H groups in total. The highest BCUT2D eigenvalue weighted by Crippen LogP contribution is 2.15. The van der Waals surface area contributed by atoms with E-state index in [-0.39, 0.29) is 28.6 Å². The van der Waals surface area contributed by atoms with Crippen molar-refractivity contribution in [2.24, 2.45) is 5.10 Å². The van der Waals surface area contributed by atoms with Crippen molar-refractivity contribution >= 4 is 22.4 Å². The number of fused-ring (bicyclic) bond motifs is 1. The van der Waals surface area contributed by atoms with Crippen LogP contribution >= 0.6 is 0 Å². The number of halogens is 2. The van der Waals surface area contributed by atoms with Gasteiger partial charge in [-0.15, -0.1) is 0 Å². The minimum Gasteiger partial charge on any atom is -0.267 e. The van der Waals surface area contributed by atoms with Crippen LogP contribution in [0.1, 0.15) is 42.9 Å². The van der Waals surface area contributed by atoms with Crippen molar-refractivity contribution in [2.75, 3.05) is 0 Å². The fourth-order valence-corrected chi connectivity index (χ4v) is 2.75. The zero-order valence-electron chi connectivity index (χ0n) is 15.5. The minimum absolute atomic E-state index is 0.0140. The lowest BCUT2D eigenvalue weighted by Gasteiger charge is -2.12. The number of rotatable bonds is 4. The summed E-state index contributed by atoms with van der Waals surface area (Å²) in [5, 5.41) is 8.77. The molecule has 3 aromatic rings. The molecule has 0 fully saturated rings. The van der Waals surface area contributed by atoms with Crippen LogP contribution in [-0.4, -0.2) is 21.4 Å². The number of benzene rings is 2. The van der Waals surface area contributed by atoms with Gasteiger partial charge in [-0.25, -0.2) is 18.9 Å². The largest absolute Gasteiger partial charge is 0.292 e. The lowest BCUT2D eigenvalue weighted by Crippen LogP contribution is -2.30. The van der Waals surface area contributed by atoms with E-state index in [4.69, 9.17) is 0 Å². The van der Waals surface area contributed by atoms with Gasteiger partial charge >= 0.3 is 0 Å². The van der Waals surface area contributed by atoms with Crippen molar-refractivity contribution in [2.45, 2.75) is 26.8 Å². The fourth-order valence-electron chi connectivity index (χ4n) is 2.75. The molecule has 0 aliphatic carbocycles. The molecule has 0 aliphatic heterocycles. The van der Waals surface area contributed by atoms with E-state index in [9.17, 15) is 18.4 Å². The summed E-state index contributed by atoms with van der Waals surface area (Å²) in [4.78, 5) is 25.2. The number of nitrogens with one attached hydrogen (secondary N) is 1. The van der Waals surface area contributed by atoms with E-state index >= 15 is 0 Å². The molecule has 2 aromatic carbocycles. The molecule has 1 amide bonds. The lowest BCUT2D eigenvalue weighted by molar-refractivity contribution is 0.0949. The molecule has 0 unspecified atom stereocenters. The van der Waals surface area contributed by atoms with Crippen molar-refractivity contribution in [3.63, 3.8) is 0 Å². The van der Waals surface area contributed by atoms with E-state index in [0.717, 1.165) is 18.2 Å². The highest BCUT2D eigenvalue weighted by atomic mass is 19.1. The SMILES string of the molecule is C/C(=N/NC(=O)c1nn(C(C)C)c(=O)c2ccccc12)c1cc(F)ccc1F. The van der Waals surface area contributed by atoms with Gasteiger partial charge in [0, 0.05) is 10.9 Å². The maximum atomic E-state index is 13.9. The number of carbonyl (C=O) groups is 1. The van der Waals surface area contributed by atoms with Crippen LogP contribution in [0.5, 0.6) is 0 Å². The van der Waals surface area contributed by atoms with Crippen molar-refractivity contribution in [3.05, 3.63) is 75.7 Å². The summed E-state index contributed by atoms with van der Waals surface area (Å²) in [6.07, 6.45) is 0. The van der Waals surface area contributed by atoms with Crippen molar-refractivity contribution in [1.82, 2.24) is 15.2 Å². The monoisotopic (exact) mass is 384 g/mol. The highest BCUT2D eigenvalue weighted by Gasteiger charge is 2.18. The molecule has 0 atom stereocenters. The summed E-state index contributed by atoms with van der Waals surface area (Å²) < 4.78 is 28.4. The molecule has 0 radical (unpaired) electrons. The Labute approximate surface area is 159 Å². The molecule has 0 spiro atoms. The Morgan fingerprint density at radius 1 is 1.14 bits per heavy atom. The summed E-state index contributed by atoms with van der Waals surface area (Å²) >= 11 is 0. The second-order valence-electron chi connectivity index (χ2n) is 6.50. The number of nitrogens with zero attached hydrogens (tertiary/aromatic N) is 3. The summed E-state index contributed by atoms with van der Waals surface area (Å²) in [5.74, 6) is -1.94. The molecule has 0 saturated carbocycles. The van der Waals surface area contributed by atoms with Gasteiger partial charge in [-0.1, -0.05) is 18.2 Å². The zero-order valence-corrected chi connectivity index (χ0v) is 15.5. The summed E-state index contributed by atoms with van der Waals surface area (Å²) in [5.41, 5.74) is 2.04. The lowest BCUT2D eigenvalue weighted by atomic mass is 10.1. The zero-order chi connectivity index (χ0) is 20.4. The van der Waals surface area contributed by atoms with Crippen LogP contribution in [0.25, 0.3) is 10.8 Å². The van der Waals surface area contributed by atoms with Gasteiger partial charge in [-0.05, 0) is 45.0 Å². The molecule has 0 aliphatic rings. The van der Waals surface area contributed by atoms with Crippen LogP contribution in [0, 0.1) is 11.6 Å². The Morgan fingerprint density at radius 3 is 2.50 bits per heavy atom. The fraction of sp³-hybridized carbons (Fsp3) is 0.200. The van der Waals surface area contributed by atoms with Crippen LogP contribution in [-0.2, 0) is 0 Å². The Hall–Kier alpha value is -3.42. The first-order valence-electron chi connectivity index (χ1n) is 8.61. The average Bonchev–Trinajstić information content (AvgIpc) is 2.68. The Balaban J connectivity index is 2.01. The molecular formula is C20H18F2N4O2. The maximum absolute atomic E-state index is 13.9. The van der Waals surface area contributed by atoms with Crippen molar-refractivity contribution in [3.8, 4) is 0 Å². The maximum Gasteiger partial charge on any atom is 0.292 e. The van der Waals surface area contributed by atoms with Gasteiger partial charge in [0.15, 0.2) is 5.69 Å². The van der Waals surface area contributed by atoms with Gasteiger partial charge in [-0.2, -0.15) is 10.2 Å². The Morgan fingerprint density at radius 2 is 1.82 bits per heavy atom.